The zero-order valence-corrected chi connectivity index (χ0v) is 10.7. The first kappa shape index (κ1) is 11.4. The molecule has 3 aromatic rings. The van der Waals surface area contributed by atoms with Gasteiger partial charge in [-0.1, -0.05) is 23.7 Å². The molecule has 0 radical (unpaired) electrons. The van der Waals surface area contributed by atoms with Gasteiger partial charge in [-0.3, -0.25) is 0 Å². The number of nitrogens with zero attached hydrogens (tertiary/aromatic N) is 4. The molecule has 2 heterocycles. The van der Waals surface area contributed by atoms with Crippen molar-refractivity contribution < 1.29 is 0 Å². The van der Waals surface area contributed by atoms with Gasteiger partial charge in [0, 0.05) is 5.02 Å². The molecule has 0 spiro atoms. The average molecular weight is 279 g/mol. The Bertz CT molecular complexity index is 708. The van der Waals surface area contributed by atoms with Gasteiger partial charge in [-0.25, -0.2) is 9.97 Å². The van der Waals surface area contributed by atoms with E-state index in [4.69, 9.17) is 23.2 Å². The zero-order chi connectivity index (χ0) is 12.5. The van der Waals surface area contributed by atoms with Crippen LogP contribution in [0, 0.1) is 0 Å². The molecule has 0 saturated carbocycles. The summed E-state index contributed by atoms with van der Waals surface area (Å²) in [4.78, 5) is 12.3. The highest BCUT2D eigenvalue weighted by atomic mass is 35.5. The molecular weight excluding hydrogens is 271 g/mol. The van der Waals surface area contributed by atoms with Gasteiger partial charge in [0.15, 0.2) is 5.65 Å². The Morgan fingerprint density at radius 1 is 1.17 bits per heavy atom. The van der Waals surface area contributed by atoms with Gasteiger partial charge < -0.3 is 4.57 Å². The fraction of sp³-hybridized carbons (Fsp3) is 0.0833. The topological polar surface area (TPSA) is 43.6 Å². The number of rotatable bonds is 2. The number of hydrogen-bond donors (Lipinski definition) is 0. The molecule has 0 bridgehead atoms. The SMILES string of the molecule is Clc1cccc(Cn2cnc3cnc(Cl)nc32)c1. The molecule has 3 rings (SSSR count). The number of fused-ring (bicyclic) bond motifs is 1. The largest absolute Gasteiger partial charge is 0.311 e. The molecule has 0 atom stereocenters. The Morgan fingerprint density at radius 3 is 2.89 bits per heavy atom. The number of imidazole rings is 1. The van der Waals surface area contributed by atoms with Gasteiger partial charge in [0.1, 0.15) is 5.52 Å². The second-order valence-corrected chi connectivity index (χ2v) is 4.62. The molecule has 0 aliphatic carbocycles. The standard InChI is InChI=1S/C12H8Cl2N4/c13-9-3-1-2-8(4-9)6-18-7-16-10-5-15-12(14)17-11(10)18/h1-5,7H,6H2. The van der Waals surface area contributed by atoms with E-state index >= 15 is 0 Å². The minimum absolute atomic E-state index is 0.218. The highest BCUT2D eigenvalue weighted by molar-refractivity contribution is 6.30. The van der Waals surface area contributed by atoms with Crippen LogP contribution in [0.25, 0.3) is 11.2 Å². The summed E-state index contributed by atoms with van der Waals surface area (Å²) in [5.41, 5.74) is 2.52. The lowest BCUT2D eigenvalue weighted by Crippen LogP contribution is -1.99. The molecule has 1 aromatic carbocycles. The maximum atomic E-state index is 5.96. The van der Waals surface area contributed by atoms with E-state index in [1.807, 2.05) is 28.8 Å². The lowest BCUT2D eigenvalue weighted by molar-refractivity contribution is 0.813. The molecule has 90 valence electrons. The van der Waals surface area contributed by atoms with Crippen LogP contribution < -0.4 is 0 Å². The molecule has 0 fully saturated rings. The van der Waals surface area contributed by atoms with Gasteiger partial charge in [-0.05, 0) is 29.3 Å². The Balaban J connectivity index is 2.02. The fourth-order valence-electron chi connectivity index (χ4n) is 1.78. The van der Waals surface area contributed by atoms with Crippen LogP contribution >= 0.6 is 23.2 Å². The van der Waals surface area contributed by atoms with E-state index < -0.39 is 0 Å². The third kappa shape index (κ3) is 2.17. The summed E-state index contributed by atoms with van der Waals surface area (Å²) in [6.07, 6.45) is 3.33. The fourth-order valence-corrected chi connectivity index (χ4v) is 2.12. The van der Waals surface area contributed by atoms with E-state index in [0.717, 1.165) is 16.7 Å². The third-order valence-corrected chi connectivity index (χ3v) is 2.99. The minimum Gasteiger partial charge on any atom is -0.311 e. The average Bonchev–Trinajstić information content (AvgIpc) is 2.72. The summed E-state index contributed by atoms with van der Waals surface area (Å²) < 4.78 is 1.91. The van der Waals surface area contributed by atoms with Crippen molar-refractivity contribution in [2.24, 2.45) is 0 Å². The third-order valence-electron chi connectivity index (χ3n) is 2.57. The van der Waals surface area contributed by atoms with E-state index in [9.17, 15) is 0 Å². The summed E-state index contributed by atoms with van der Waals surface area (Å²) in [7, 11) is 0. The Labute approximate surface area is 113 Å². The van der Waals surface area contributed by atoms with Crippen molar-refractivity contribution in [3.63, 3.8) is 0 Å². The number of aromatic nitrogens is 4. The summed E-state index contributed by atoms with van der Waals surface area (Å²) in [6.45, 7) is 0.643. The van der Waals surface area contributed by atoms with E-state index in [2.05, 4.69) is 15.0 Å². The van der Waals surface area contributed by atoms with Crippen LogP contribution in [0.4, 0.5) is 0 Å². The van der Waals surface area contributed by atoms with E-state index in [1.165, 1.54) is 0 Å². The molecule has 0 aliphatic rings. The predicted octanol–water partition coefficient (Wildman–Crippen LogP) is 3.18. The first-order valence-corrected chi connectivity index (χ1v) is 6.06. The zero-order valence-electron chi connectivity index (χ0n) is 9.22. The maximum Gasteiger partial charge on any atom is 0.224 e. The first-order chi connectivity index (χ1) is 8.72. The maximum absolute atomic E-state index is 5.96. The van der Waals surface area contributed by atoms with Crippen LogP contribution in [-0.4, -0.2) is 19.5 Å². The van der Waals surface area contributed by atoms with Crippen molar-refractivity contribution in [2.45, 2.75) is 6.54 Å². The minimum atomic E-state index is 0.218. The normalized spacial score (nSPS) is 11.0. The van der Waals surface area contributed by atoms with Gasteiger partial charge in [0.2, 0.25) is 5.28 Å². The van der Waals surface area contributed by atoms with Crippen molar-refractivity contribution >= 4 is 34.4 Å². The Hall–Kier alpha value is -1.65. The van der Waals surface area contributed by atoms with Crippen molar-refractivity contribution in [3.05, 3.63) is 52.7 Å². The second-order valence-electron chi connectivity index (χ2n) is 3.85. The van der Waals surface area contributed by atoms with Crippen LogP contribution in [-0.2, 0) is 6.54 Å². The van der Waals surface area contributed by atoms with E-state index in [0.29, 0.717) is 11.6 Å². The molecule has 0 N–H and O–H groups in total. The van der Waals surface area contributed by atoms with Crippen molar-refractivity contribution in [2.75, 3.05) is 0 Å². The van der Waals surface area contributed by atoms with Crippen LogP contribution in [0.5, 0.6) is 0 Å². The van der Waals surface area contributed by atoms with Gasteiger partial charge in [0.05, 0.1) is 19.1 Å². The molecule has 0 amide bonds. The van der Waals surface area contributed by atoms with Crippen LogP contribution in [0.3, 0.4) is 0 Å². The van der Waals surface area contributed by atoms with Gasteiger partial charge in [-0.15, -0.1) is 0 Å². The summed E-state index contributed by atoms with van der Waals surface area (Å²) in [6, 6.07) is 7.67. The Kier molecular flexibility index (Phi) is 2.89. The lowest BCUT2D eigenvalue weighted by Gasteiger charge is -2.04. The summed E-state index contributed by atoms with van der Waals surface area (Å²) in [5, 5.41) is 0.930. The molecule has 2 aromatic heterocycles. The van der Waals surface area contributed by atoms with Crippen molar-refractivity contribution in [1.82, 2.24) is 19.5 Å². The van der Waals surface area contributed by atoms with E-state index in [-0.39, 0.29) is 5.28 Å². The lowest BCUT2D eigenvalue weighted by atomic mass is 10.2. The molecule has 18 heavy (non-hydrogen) atoms. The molecular formula is C12H8Cl2N4. The Morgan fingerprint density at radius 2 is 2.06 bits per heavy atom. The highest BCUT2D eigenvalue weighted by Crippen LogP contribution is 2.16. The first-order valence-electron chi connectivity index (χ1n) is 5.30. The molecule has 0 saturated heterocycles. The summed E-state index contributed by atoms with van der Waals surface area (Å²) in [5.74, 6) is 0. The highest BCUT2D eigenvalue weighted by Gasteiger charge is 2.06. The van der Waals surface area contributed by atoms with Crippen LogP contribution in [0.1, 0.15) is 5.56 Å². The molecule has 0 unspecified atom stereocenters. The van der Waals surface area contributed by atoms with Crippen LogP contribution in [0.2, 0.25) is 10.3 Å². The van der Waals surface area contributed by atoms with Gasteiger partial charge in [0.25, 0.3) is 0 Å². The van der Waals surface area contributed by atoms with Gasteiger partial charge >= 0.3 is 0 Å². The summed E-state index contributed by atoms with van der Waals surface area (Å²) >= 11 is 11.7. The van der Waals surface area contributed by atoms with Gasteiger partial charge in [-0.2, -0.15) is 4.98 Å². The number of benzene rings is 1. The van der Waals surface area contributed by atoms with Crippen molar-refractivity contribution in [1.29, 1.82) is 0 Å². The van der Waals surface area contributed by atoms with Crippen LogP contribution in [0.15, 0.2) is 36.8 Å². The van der Waals surface area contributed by atoms with Crippen molar-refractivity contribution in [3.8, 4) is 0 Å². The predicted molar refractivity (Wildman–Crippen MR) is 70.9 cm³/mol. The van der Waals surface area contributed by atoms with E-state index in [1.54, 1.807) is 12.5 Å². The monoisotopic (exact) mass is 278 g/mol. The molecule has 0 aliphatic heterocycles. The molecule has 4 nitrogen and oxygen atoms in total. The molecule has 6 heteroatoms. The smallest absolute Gasteiger partial charge is 0.224 e. The number of hydrogen-bond acceptors (Lipinski definition) is 3. The second kappa shape index (κ2) is 4.55. The number of halogens is 2. The quantitative estimate of drug-likeness (QED) is 0.677.